The molecule has 0 radical (unpaired) electrons. The highest BCUT2D eigenvalue weighted by atomic mass is 28.4. The van der Waals surface area contributed by atoms with Gasteiger partial charge in [0, 0.05) is 41.4 Å². The van der Waals surface area contributed by atoms with E-state index in [4.69, 9.17) is 9.47 Å². The maximum atomic E-state index is 16.3. The van der Waals surface area contributed by atoms with Crippen LogP contribution in [0.5, 0.6) is 5.75 Å². The van der Waals surface area contributed by atoms with Gasteiger partial charge in [0.05, 0.1) is 48.0 Å². The first-order chi connectivity index (χ1) is 23.8. The number of hydrogen-bond acceptors (Lipinski definition) is 8. The summed E-state index contributed by atoms with van der Waals surface area (Å²) in [5.41, 5.74) is -0.292. The summed E-state index contributed by atoms with van der Waals surface area (Å²) in [6.45, 7) is 5.00. The molecule has 3 aromatic carbocycles. The third kappa shape index (κ3) is 5.45. The molecule has 4 aliphatic rings. The summed E-state index contributed by atoms with van der Waals surface area (Å²) in [6.07, 6.45) is 0.269. The van der Waals surface area contributed by atoms with E-state index in [1.54, 1.807) is 47.1 Å². The van der Waals surface area contributed by atoms with Crippen molar-refractivity contribution < 1.29 is 38.0 Å². The second-order valence-electron chi connectivity index (χ2n) is 14.0. The predicted molar refractivity (Wildman–Crippen MR) is 184 cm³/mol. The molecule has 1 spiro atoms. The third-order valence-electron chi connectivity index (χ3n) is 10.7. The van der Waals surface area contributed by atoms with Gasteiger partial charge in [-0.15, -0.1) is 0 Å². The Labute approximate surface area is 289 Å². The number of aliphatic hydroxyl groups is 1. The average Bonchev–Trinajstić information content (AvgIpc) is 3.75. The Morgan fingerprint density at radius 1 is 1.10 bits per heavy atom. The van der Waals surface area contributed by atoms with Gasteiger partial charge in [0.1, 0.15) is 5.75 Å². The quantitative estimate of drug-likeness (QED) is 0.143. The lowest BCUT2D eigenvalue weighted by molar-refractivity contribution is -0.385. The number of aliphatic hydroxyl groups excluding tert-OH is 1. The van der Waals surface area contributed by atoms with Gasteiger partial charge in [-0.3, -0.25) is 29.4 Å². The SMILES string of the molecule is C[C@@H]1[C@@H]([Si](C)(C)F)[C@H](CC(=O)N2CCC[C@H]2CO)O[C@@]12C(=O)N(Cc1cccc(N3C(=O)COc4ccccc43)c1)c1ccc([N+](=O)[O-])cc12. The van der Waals surface area contributed by atoms with Crippen LogP contribution in [0, 0.1) is 16.0 Å². The molecule has 0 aliphatic carbocycles. The number of likely N-dealkylation sites (tertiary alicyclic amines) is 1. The highest BCUT2D eigenvalue weighted by Crippen LogP contribution is 2.61. The number of nitro groups is 1. The fourth-order valence-electron chi connectivity index (χ4n) is 8.51. The summed E-state index contributed by atoms with van der Waals surface area (Å²) >= 11 is 0. The zero-order valence-corrected chi connectivity index (χ0v) is 29.1. The largest absolute Gasteiger partial charge is 0.482 e. The highest BCUT2D eigenvalue weighted by Gasteiger charge is 2.67. The van der Waals surface area contributed by atoms with Crippen LogP contribution in [-0.4, -0.2) is 73.0 Å². The number of carbonyl (C=O) groups excluding carboxylic acids is 3. The summed E-state index contributed by atoms with van der Waals surface area (Å²) in [5, 5.41) is 21.8. The van der Waals surface area contributed by atoms with E-state index in [0.29, 0.717) is 41.3 Å². The van der Waals surface area contributed by atoms with E-state index in [1.165, 1.54) is 36.2 Å². The van der Waals surface area contributed by atoms with Crippen LogP contribution in [0.1, 0.15) is 37.3 Å². The lowest BCUT2D eigenvalue weighted by Gasteiger charge is -2.31. The molecule has 3 aromatic rings. The normalized spacial score (nSPS) is 26.0. The molecular formula is C36H39FN4O8Si. The van der Waals surface area contributed by atoms with Crippen LogP contribution in [-0.2, 0) is 31.3 Å². The molecule has 2 saturated heterocycles. The first kappa shape index (κ1) is 33.8. The van der Waals surface area contributed by atoms with E-state index in [0.717, 1.165) is 6.42 Å². The first-order valence-electron chi connectivity index (χ1n) is 16.9. The summed E-state index contributed by atoms with van der Waals surface area (Å²) in [5.74, 6) is -1.23. The zero-order chi connectivity index (χ0) is 35.5. The van der Waals surface area contributed by atoms with Crippen LogP contribution in [0.2, 0.25) is 18.6 Å². The average molecular weight is 703 g/mol. The molecule has 14 heteroatoms. The molecular weight excluding hydrogens is 664 g/mol. The van der Waals surface area contributed by atoms with Gasteiger partial charge < -0.3 is 28.5 Å². The van der Waals surface area contributed by atoms with Crippen molar-refractivity contribution in [2.75, 3.05) is 29.6 Å². The lowest BCUT2D eigenvalue weighted by Crippen LogP contribution is -2.45. The Balaban J connectivity index is 1.26. The molecule has 2 fully saturated rings. The topological polar surface area (TPSA) is 143 Å². The molecule has 0 aromatic heterocycles. The molecule has 4 aliphatic heterocycles. The Hall–Kier alpha value is -4.66. The molecule has 0 bridgehead atoms. The third-order valence-corrected chi connectivity index (χ3v) is 13.1. The van der Waals surface area contributed by atoms with Crippen molar-refractivity contribution in [1.82, 2.24) is 4.90 Å². The van der Waals surface area contributed by atoms with Crippen molar-refractivity contribution in [1.29, 1.82) is 0 Å². The number of fused-ring (bicyclic) bond motifs is 3. The molecule has 1 N–H and O–H groups in total. The van der Waals surface area contributed by atoms with Crippen LogP contribution in [0.15, 0.2) is 66.7 Å². The number of benzene rings is 3. The molecule has 12 nitrogen and oxygen atoms in total. The molecule has 7 rings (SSSR count). The van der Waals surface area contributed by atoms with Gasteiger partial charge in [-0.25, -0.2) is 0 Å². The second kappa shape index (κ2) is 12.6. The number of para-hydroxylation sites is 2. The molecule has 5 atom stereocenters. The highest BCUT2D eigenvalue weighted by molar-refractivity contribution is 6.72. The van der Waals surface area contributed by atoms with Crippen LogP contribution in [0.4, 0.5) is 26.9 Å². The number of ether oxygens (including phenoxy) is 2. The number of nitro benzene ring substituents is 1. The second-order valence-corrected chi connectivity index (χ2v) is 17.8. The molecule has 0 saturated carbocycles. The molecule has 3 amide bonds. The Morgan fingerprint density at radius 3 is 2.62 bits per heavy atom. The summed E-state index contributed by atoms with van der Waals surface area (Å²) in [4.78, 5) is 57.6. The van der Waals surface area contributed by atoms with Crippen LogP contribution >= 0.6 is 0 Å². The maximum Gasteiger partial charge on any atom is 0.269 e. The van der Waals surface area contributed by atoms with E-state index >= 15 is 4.11 Å². The van der Waals surface area contributed by atoms with Crippen molar-refractivity contribution in [3.63, 3.8) is 0 Å². The Kier molecular flexibility index (Phi) is 8.51. The molecule has 50 heavy (non-hydrogen) atoms. The zero-order valence-electron chi connectivity index (χ0n) is 28.1. The fourth-order valence-corrected chi connectivity index (χ4v) is 11.0. The van der Waals surface area contributed by atoms with E-state index < -0.39 is 42.4 Å². The minimum atomic E-state index is -3.62. The van der Waals surface area contributed by atoms with Crippen molar-refractivity contribution in [2.24, 2.45) is 5.92 Å². The molecule has 262 valence electrons. The van der Waals surface area contributed by atoms with Gasteiger partial charge >= 0.3 is 0 Å². The first-order valence-corrected chi connectivity index (χ1v) is 19.8. The standard InChI is InChI=1S/C36H39FN4O8Si/c1-22-34(50(2,3)37)31(18-32(43)38-15-7-10-26(38)20-42)49-36(22)27-17-25(41(46)47)13-14-28(27)39(35(36)45)19-23-8-6-9-24(16-23)40-29-11-4-5-12-30(29)48-21-33(40)44/h4-6,8-9,11-14,16-17,22,26,31,34,42H,7,10,15,18-21H2,1-3H3/t22-,26+,31+,34-,36+/m1/s1. The van der Waals surface area contributed by atoms with E-state index in [9.17, 15) is 29.6 Å². The van der Waals surface area contributed by atoms with Crippen molar-refractivity contribution in [2.45, 2.75) is 69.1 Å². The summed E-state index contributed by atoms with van der Waals surface area (Å²) in [7, 11) is -3.62. The number of amides is 3. The minimum absolute atomic E-state index is 0.0339. The maximum absolute atomic E-state index is 16.3. The molecule has 4 heterocycles. The smallest absolute Gasteiger partial charge is 0.269 e. The van der Waals surface area contributed by atoms with Crippen LogP contribution < -0.4 is 14.5 Å². The van der Waals surface area contributed by atoms with Crippen LogP contribution in [0.3, 0.4) is 0 Å². The van der Waals surface area contributed by atoms with Crippen molar-refractivity contribution >= 4 is 48.9 Å². The van der Waals surface area contributed by atoms with Crippen LogP contribution in [0.25, 0.3) is 0 Å². The molecule has 0 unspecified atom stereocenters. The predicted octanol–water partition coefficient (Wildman–Crippen LogP) is 5.35. The number of non-ortho nitro benzene ring substituents is 1. The summed E-state index contributed by atoms with van der Waals surface area (Å²) in [6, 6.07) is 18.2. The van der Waals surface area contributed by atoms with E-state index in [2.05, 4.69) is 0 Å². The van der Waals surface area contributed by atoms with Gasteiger partial charge in [0.25, 0.3) is 17.5 Å². The monoisotopic (exact) mass is 702 g/mol. The van der Waals surface area contributed by atoms with Gasteiger partial charge in [-0.05, 0) is 61.8 Å². The van der Waals surface area contributed by atoms with Gasteiger partial charge in [0.2, 0.25) is 14.3 Å². The fraction of sp³-hybridized carbons (Fsp3) is 0.417. The van der Waals surface area contributed by atoms with Gasteiger partial charge in [0.15, 0.2) is 12.2 Å². The minimum Gasteiger partial charge on any atom is -0.482 e. The Morgan fingerprint density at radius 2 is 1.88 bits per heavy atom. The number of carbonyl (C=O) groups is 3. The number of anilines is 3. The number of hydrogen-bond donors (Lipinski definition) is 1. The van der Waals surface area contributed by atoms with Crippen molar-refractivity contribution in [3.8, 4) is 5.75 Å². The van der Waals surface area contributed by atoms with E-state index in [1.807, 2.05) is 18.2 Å². The lowest BCUT2D eigenvalue weighted by atomic mass is 9.82. The number of halogens is 1. The van der Waals surface area contributed by atoms with Gasteiger partial charge in [-0.1, -0.05) is 31.2 Å². The van der Waals surface area contributed by atoms with Crippen molar-refractivity contribution in [3.05, 3.63) is 88.0 Å². The van der Waals surface area contributed by atoms with E-state index in [-0.39, 0.29) is 55.3 Å². The number of nitrogens with zero attached hydrogens (tertiary/aromatic N) is 4. The number of rotatable bonds is 8. The Bertz CT molecular complexity index is 1890. The summed E-state index contributed by atoms with van der Waals surface area (Å²) < 4.78 is 28.6. The van der Waals surface area contributed by atoms with Gasteiger partial charge in [-0.2, -0.15) is 0 Å².